The molecule has 1 aliphatic heterocycles. The smallest absolute Gasteiger partial charge is 0.205 e. The summed E-state index contributed by atoms with van der Waals surface area (Å²) in [7, 11) is 1.56. The second-order valence-corrected chi connectivity index (χ2v) is 5.07. The number of hydrogen-bond acceptors (Lipinski definition) is 6. The van der Waals surface area contributed by atoms with Crippen LogP contribution in [-0.4, -0.2) is 17.3 Å². The van der Waals surface area contributed by atoms with E-state index in [0.717, 1.165) is 5.56 Å². The molecule has 1 heterocycles. The fourth-order valence-electron chi connectivity index (χ4n) is 2.68. The van der Waals surface area contributed by atoms with Crippen LogP contribution < -0.4 is 15.2 Å². The molecule has 2 aromatic rings. The van der Waals surface area contributed by atoms with Crippen LogP contribution in [0.2, 0.25) is 0 Å². The first-order chi connectivity index (χ1) is 11.0. The zero-order valence-electron chi connectivity index (χ0n) is 12.3. The number of benzene rings is 2. The molecule has 116 valence electrons. The maximum Gasteiger partial charge on any atom is 0.205 e. The predicted molar refractivity (Wildman–Crippen MR) is 82.1 cm³/mol. The highest BCUT2D eigenvalue weighted by atomic mass is 16.5. The molecular weight excluding hydrogens is 296 g/mol. The minimum Gasteiger partial charge on any atom is -0.508 e. The van der Waals surface area contributed by atoms with Crippen LogP contribution in [0.5, 0.6) is 23.0 Å². The fourth-order valence-corrected chi connectivity index (χ4v) is 2.68. The van der Waals surface area contributed by atoms with Crippen LogP contribution in [0.15, 0.2) is 47.9 Å². The fraction of sp³-hybridized carbons (Fsp3) is 0.118. The Labute approximate surface area is 132 Å². The van der Waals surface area contributed by atoms with E-state index < -0.39 is 5.92 Å². The van der Waals surface area contributed by atoms with Crippen LogP contribution in [-0.2, 0) is 0 Å². The molecule has 0 aromatic heterocycles. The summed E-state index contributed by atoms with van der Waals surface area (Å²) in [6.45, 7) is 0. The van der Waals surface area contributed by atoms with Crippen LogP contribution in [0, 0.1) is 11.3 Å². The van der Waals surface area contributed by atoms with E-state index in [1.165, 1.54) is 12.1 Å². The van der Waals surface area contributed by atoms with Crippen molar-refractivity contribution in [3.05, 3.63) is 59.0 Å². The lowest BCUT2D eigenvalue weighted by Crippen LogP contribution is -2.21. The maximum absolute atomic E-state index is 10.2. The van der Waals surface area contributed by atoms with Gasteiger partial charge in [-0.25, -0.2) is 0 Å². The van der Waals surface area contributed by atoms with E-state index in [0.29, 0.717) is 11.3 Å². The summed E-state index contributed by atoms with van der Waals surface area (Å²) in [5.74, 6) is -0.0590. The summed E-state index contributed by atoms with van der Waals surface area (Å²) in [6, 6.07) is 11.7. The van der Waals surface area contributed by atoms with Gasteiger partial charge in [-0.3, -0.25) is 0 Å². The van der Waals surface area contributed by atoms with Crippen LogP contribution >= 0.6 is 0 Å². The van der Waals surface area contributed by atoms with Crippen molar-refractivity contribution in [3.8, 4) is 29.1 Å². The van der Waals surface area contributed by atoms with Gasteiger partial charge in [-0.1, -0.05) is 12.1 Å². The Bertz CT molecular complexity index is 835. The summed E-state index contributed by atoms with van der Waals surface area (Å²) < 4.78 is 10.5. The van der Waals surface area contributed by atoms with E-state index in [1.807, 2.05) is 6.07 Å². The topological polar surface area (TPSA) is 109 Å². The molecule has 0 amide bonds. The Hall–Kier alpha value is -3.33. The van der Waals surface area contributed by atoms with E-state index in [1.54, 1.807) is 31.4 Å². The third-order valence-electron chi connectivity index (χ3n) is 3.74. The van der Waals surface area contributed by atoms with Crippen LogP contribution in [0.1, 0.15) is 17.0 Å². The zero-order valence-corrected chi connectivity index (χ0v) is 12.3. The highest BCUT2D eigenvalue weighted by Gasteiger charge is 2.33. The van der Waals surface area contributed by atoms with Crippen molar-refractivity contribution in [2.24, 2.45) is 5.73 Å². The average Bonchev–Trinajstić information content (AvgIpc) is 2.53. The van der Waals surface area contributed by atoms with Gasteiger partial charge in [-0.2, -0.15) is 5.26 Å². The third-order valence-corrected chi connectivity index (χ3v) is 3.74. The second kappa shape index (κ2) is 5.46. The number of nitriles is 1. The van der Waals surface area contributed by atoms with Crippen molar-refractivity contribution >= 4 is 0 Å². The molecule has 3 rings (SSSR count). The zero-order chi connectivity index (χ0) is 16.6. The SMILES string of the molecule is COc1ccc([C@@H]2C(C#N)=C(N)Oc3cc(O)cc(O)c32)cc1. The minimum absolute atomic E-state index is 0.0502. The molecule has 2 aromatic carbocycles. The van der Waals surface area contributed by atoms with Gasteiger partial charge in [0.15, 0.2) is 0 Å². The molecule has 0 saturated carbocycles. The van der Waals surface area contributed by atoms with Gasteiger partial charge in [0.05, 0.1) is 13.0 Å². The summed E-state index contributed by atoms with van der Waals surface area (Å²) in [6.07, 6.45) is 0. The highest BCUT2D eigenvalue weighted by Crippen LogP contribution is 2.47. The van der Waals surface area contributed by atoms with Crippen molar-refractivity contribution in [3.63, 3.8) is 0 Å². The quantitative estimate of drug-likeness (QED) is 0.785. The molecule has 6 heteroatoms. The normalized spacial score (nSPS) is 16.3. The molecule has 1 atom stereocenters. The molecule has 1 aliphatic rings. The van der Waals surface area contributed by atoms with Gasteiger partial charge < -0.3 is 25.4 Å². The van der Waals surface area contributed by atoms with Gasteiger partial charge in [-0.15, -0.1) is 0 Å². The lowest BCUT2D eigenvalue weighted by Gasteiger charge is -2.27. The molecule has 0 unspecified atom stereocenters. The number of ether oxygens (including phenoxy) is 2. The number of hydrogen-bond donors (Lipinski definition) is 3. The number of phenolic OH excluding ortho intramolecular Hbond substituents is 2. The average molecular weight is 310 g/mol. The predicted octanol–water partition coefficient (Wildman–Crippen LogP) is 2.32. The van der Waals surface area contributed by atoms with Gasteiger partial charge >= 0.3 is 0 Å². The monoisotopic (exact) mass is 310 g/mol. The Morgan fingerprint density at radius 2 is 1.91 bits per heavy atom. The van der Waals surface area contributed by atoms with Crippen LogP contribution in [0.3, 0.4) is 0 Å². The van der Waals surface area contributed by atoms with Crippen molar-refractivity contribution in [1.82, 2.24) is 0 Å². The number of rotatable bonds is 2. The van der Waals surface area contributed by atoms with Crippen molar-refractivity contribution < 1.29 is 19.7 Å². The van der Waals surface area contributed by atoms with E-state index in [2.05, 4.69) is 0 Å². The highest BCUT2D eigenvalue weighted by molar-refractivity contribution is 5.62. The molecule has 0 fully saturated rings. The van der Waals surface area contributed by atoms with Crippen molar-refractivity contribution in [2.45, 2.75) is 5.92 Å². The van der Waals surface area contributed by atoms with Gasteiger partial charge in [0.1, 0.15) is 34.6 Å². The first-order valence-electron chi connectivity index (χ1n) is 6.82. The molecule has 0 bridgehead atoms. The minimum atomic E-state index is -0.588. The summed E-state index contributed by atoms with van der Waals surface area (Å²) >= 11 is 0. The van der Waals surface area contributed by atoms with E-state index >= 15 is 0 Å². The number of phenols is 2. The molecule has 0 radical (unpaired) electrons. The number of nitrogens with zero attached hydrogens (tertiary/aromatic N) is 1. The largest absolute Gasteiger partial charge is 0.508 e. The van der Waals surface area contributed by atoms with E-state index in [9.17, 15) is 15.5 Å². The first-order valence-corrected chi connectivity index (χ1v) is 6.82. The van der Waals surface area contributed by atoms with Gasteiger partial charge in [0, 0.05) is 17.7 Å². The molecule has 0 spiro atoms. The molecule has 6 nitrogen and oxygen atoms in total. The number of aromatic hydroxyl groups is 2. The summed E-state index contributed by atoms with van der Waals surface area (Å²) in [5.41, 5.74) is 7.17. The Morgan fingerprint density at radius 1 is 1.22 bits per heavy atom. The number of nitrogens with two attached hydrogens (primary N) is 1. The molecule has 0 aliphatic carbocycles. The van der Waals surface area contributed by atoms with Crippen LogP contribution in [0.25, 0.3) is 0 Å². The van der Waals surface area contributed by atoms with E-state index in [-0.39, 0.29) is 28.7 Å². The second-order valence-electron chi connectivity index (χ2n) is 5.07. The molecule has 23 heavy (non-hydrogen) atoms. The maximum atomic E-state index is 10.2. The van der Waals surface area contributed by atoms with E-state index in [4.69, 9.17) is 15.2 Å². The van der Waals surface area contributed by atoms with Gasteiger partial charge in [-0.05, 0) is 17.7 Å². The number of allylic oxidation sites excluding steroid dienone is 1. The lowest BCUT2D eigenvalue weighted by atomic mass is 9.83. The third kappa shape index (κ3) is 2.38. The summed E-state index contributed by atoms with van der Waals surface area (Å²) in [4.78, 5) is 0. The van der Waals surface area contributed by atoms with Crippen molar-refractivity contribution in [2.75, 3.05) is 7.11 Å². The Kier molecular flexibility index (Phi) is 3.47. The number of fused-ring (bicyclic) bond motifs is 1. The first kappa shape index (κ1) is 14.6. The standard InChI is InChI=1S/C17H14N2O4/c1-22-11-4-2-9(3-5-11)15-12(8-18)17(19)23-14-7-10(20)6-13(21)16(14)15/h2-7,15,20-21H,19H2,1H3/t15-/m1/s1. The Balaban J connectivity index is 2.22. The van der Waals surface area contributed by atoms with Gasteiger partial charge in [0.25, 0.3) is 0 Å². The molecule has 0 saturated heterocycles. The lowest BCUT2D eigenvalue weighted by molar-refractivity contribution is 0.375. The molecular formula is C17H14N2O4. The molecule has 4 N–H and O–H groups in total. The van der Waals surface area contributed by atoms with Crippen LogP contribution in [0.4, 0.5) is 0 Å². The number of methoxy groups -OCH3 is 1. The van der Waals surface area contributed by atoms with Gasteiger partial charge in [0.2, 0.25) is 5.88 Å². The summed E-state index contributed by atoms with van der Waals surface area (Å²) in [5, 5.41) is 29.3. The van der Waals surface area contributed by atoms with Crippen molar-refractivity contribution in [1.29, 1.82) is 5.26 Å². The Morgan fingerprint density at radius 3 is 2.52 bits per heavy atom.